The van der Waals surface area contributed by atoms with Gasteiger partial charge in [-0.2, -0.15) is 0 Å². The standard InChI is InChI=1S/C32H26N2O/c33-29(24-13-5-2-6-14-24)21-22-10-9-15-25(20-22)34-31-26(23-11-3-1-4-12-23)18-19-28-27-16-7-8-17-30(27)35-32(28)31/h1-20,29,34H,21,33H2/t29-/m1/s1. The number of anilines is 2. The van der Waals surface area contributed by atoms with E-state index in [1.54, 1.807) is 0 Å². The molecule has 1 atom stereocenters. The third-order valence-corrected chi connectivity index (χ3v) is 6.51. The number of nitrogens with two attached hydrogens (primary N) is 1. The van der Waals surface area contributed by atoms with Crippen molar-refractivity contribution in [1.82, 2.24) is 0 Å². The van der Waals surface area contributed by atoms with Crippen LogP contribution in [0.1, 0.15) is 17.2 Å². The topological polar surface area (TPSA) is 51.2 Å². The van der Waals surface area contributed by atoms with Gasteiger partial charge < -0.3 is 15.5 Å². The van der Waals surface area contributed by atoms with Crippen LogP contribution in [0.3, 0.4) is 0 Å². The number of nitrogens with one attached hydrogen (secondary N) is 1. The molecule has 0 saturated carbocycles. The SMILES string of the molecule is N[C@H](Cc1cccc(Nc2c(-c3ccccc3)ccc3c2oc2ccccc23)c1)c1ccccc1. The minimum atomic E-state index is -0.0508. The van der Waals surface area contributed by atoms with E-state index < -0.39 is 0 Å². The van der Waals surface area contributed by atoms with Gasteiger partial charge in [0.15, 0.2) is 5.58 Å². The lowest BCUT2D eigenvalue weighted by Crippen LogP contribution is -2.13. The van der Waals surface area contributed by atoms with Gasteiger partial charge in [-0.1, -0.05) is 97.1 Å². The molecule has 1 aromatic heterocycles. The third-order valence-electron chi connectivity index (χ3n) is 6.51. The quantitative estimate of drug-likeness (QED) is 0.266. The molecule has 0 radical (unpaired) electrons. The zero-order valence-electron chi connectivity index (χ0n) is 19.3. The summed E-state index contributed by atoms with van der Waals surface area (Å²) in [6.07, 6.45) is 0.764. The summed E-state index contributed by atoms with van der Waals surface area (Å²) in [6.45, 7) is 0. The summed E-state index contributed by atoms with van der Waals surface area (Å²) in [5.74, 6) is 0. The maximum Gasteiger partial charge on any atom is 0.159 e. The molecular formula is C32H26N2O. The fraction of sp³-hybridized carbons (Fsp3) is 0.0625. The highest BCUT2D eigenvalue weighted by atomic mass is 16.3. The Kier molecular flexibility index (Phi) is 5.53. The van der Waals surface area contributed by atoms with E-state index >= 15 is 0 Å². The summed E-state index contributed by atoms with van der Waals surface area (Å²) in [7, 11) is 0. The van der Waals surface area contributed by atoms with Gasteiger partial charge in [0.1, 0.15) is 5.58 Å². The van der Waals surface area contributed by atoms with Crippen LogP contribution < -0.4 is 11.1 Å². The Morgan fingerprint density at radius 2 is 1.43 bits per heavy atom. The molecule has 170 valence electrons. The monoisotopic (exact) mass is 454 g/mol. The normalized spacial score (nSPS) is 12.1. The molecule has 0 saturated heterocycles. The summed E-state index contributed by atoms with van der Waals surface area (Å²) in [5.41, 5.74) is 14.8. The predicted octanol–water partition coefficient (Wildman–Crippen LogP) is 8.24. The lowest BCUT2D eigenvalue weighted by Gasteiger charge is -2.16. The van der Waals surface area contributed by atoms with Crippen LogP contribution in [0.5, 0.6) is 0 Å². The van der Waals surface area contributed by atoms with Crippen molar-refractivity contribution in [3.8, 4) is 11.1 Å². The van der Waals surface area contributed by atoms with Gasteiger partial charge in [0.05, 0.1) is 5.69 Å². The van der Waals surface area contributed by atoms with Crippen LogP contribution in [0, 0.1) is 0 Å². The second kappa shape index (κ2) is 9.13. The Hall–Kier alpha value is -4.34. The molecule has 0 spiro atoms. The summed E-state index contributed by atoms with van der Waals surface area (Å²) >= 11 is 0. The fourth-order valence-corrected chi connectivity index (χ4v) is 4.76. The van der Waals surface area contributed by atoms with Crippen LogP contribution >= 0.6 is 0 Å². The first-order chi connectivity index (χ1) is 17.3. The number of hydrogen-bond donors (Lipinski definition) is 2. The molecule has 1 heterocycles. The van der Waals surface area contributed by atoms with Crippen molar-refractivity contribution in [2.45, 2.75) is 12.5 Å². The van der Waals surface area contributed by atoms with E-state index in [1.807, 2.05) is 36.4 Å². The molecule has 6 aromatic rings. The van der Waals surface area contributed by atoms with Crippen molar-refractivity contribution in [3.05, 3.63) is 132 Å². The van der Waals surface area contributed by atoms with E-state index in [0.717, 1.165) is 56.4 Å². The first kappa shape index (κ1) is 21.2. The second-order valence-corrected chi connectivity index (χ2v) is 8.88. The number of furan rings is 1. The number of rotatable bonds is 6. The average Bonchev–Trinajstić information content (AvgIpc) is 3.29. The highest BCUT2D eigenvalue weighted by Crippen LogP contribution is 2.41. The molecule has 0 unspecified atom stereocenters. The zero-order valence-corrected chi connectivity index (χ0v) is 19.3. The third kappa shape index (κ3) is 4.18. The Morgan fingerprint density at radius 1 is 0.686 bits per heavy atom. The Balaban J connectivity index is 1.42. The van der Waals surface area contributed by atoms with Gasteiger partial charge in [0, 0.05) is 28.1 Å². The smallest absolute Gasteiger partial charge is 0.159 e. The van der Waals surface area contributed by atoms with Crippen LogP contribution in [-0.4, -0.2) is 0 Å². The van der Waals surface area contributed by atoms with E-state index in [9.17, 15) is 0 Å². The lowest BCUT2D eigenvalue weighted by molar-refractivity contribution is 0.670. The first-order valence-electron chi connectivity index (χ1n) is 11.9. The largest absolute Gasteiger partial charge is 0.454 e. The molecule has 3 heteroatoms. The van der Waals surface area contributed by atoms with Crippen molar-refractivity contribution < 1.29 is 4.42 Å². The molecule has 3 N–H and O–H groups in total. The molecular weight excluding hydrogens is 428 g/mol. The molecule has 0 fully saturated rings. The van der Waals surface area contributed by atoms with Crippen LogP contribution in [0.25, 0.3) is 33.1 Å². The number of fused-ring (bicyclic) bond motifs is 3. The van der Waals surface area contributed by atoms with E-state index in [2.05, 4.69) is 90.2 Å². The highest BCUT2D eigenvalue weighted by Gasteiger charge is 2.16. The van der Waals surface area contributed by atoms with Crippen molar-refractivity contribution in [2.24, 2.45) is 5.73 Å². The predicted molar refractivity (Wildman–Crippen MR) is 146 cm³/mol. The van der Waals surface area contributed by atoms with Crippen molar-refractivity contribution in [2.75, 3.05) is 5.32 Å². The molecule has 0 bridgehead atoms. The van der Waals surface area contributed by atoms with Crippen LogP contribution in [0.4, 0.5) is 11.4 Å². The van der Waals surface area contributed by atoms with Gasteiger partial charge in [-0.25, -0.2) is 0 Å². The Labute approximate surface area is 204 Å². The van der Waals surface area contributed by atoms with E-state index in [-0.39, 0.29) is 6.04 Å². The second-order valence-electron chi connectivity index (χ2n) is 8.88. The minimum Gasteiger partial charge on any atom is -0.454 e. The average molecular weight is 455 g/mol. The van der Waals surface area contributed by atoms with Crippen molar-refractivity contribution in [1.29, 1.82) is 0 Å². The summed E-state index contributed by atoms with van der Waals surface area (Å²) in [5, 5.41) is 5.91. The number of benzene rings is 5. The maximum absolute atomic E-state index is 6.51. The molecule has 0 aliphatic carbocycles. The van der Waals surface area contributed by atoms with Gasteiger partial charge in [-0.3, -0.25) is 0 Å². The first-order valence-corrected chi connectivity index (χ1v) is 11.9. The summed E-state index contributed by atoms with van der Waals surface area (Å²) in [4.78, 5) is 0. The van der Waals surface area contributed by atoms with Crippen LogP contribution in [-0.2, 0) is 6.42 Å². The number of para-hydroxylation sites is 1. The van der Waals surface area contributed by atoms with E-state index in [4.69, 9.17) is 10.2 Å². The van der Waals surface area contributed by atoms with Crippen molar-refractivity contribution in [3.63, 3.8) is 0 Å². The summed E-state index contributed by atoms with van der Waals surface area (Å²) in [6, 6.07) is 41.6. The fourth-order valence-electron chi connectivity index (χ4n) is 4.76. The van der Waals surface area contributed by atoms with Gasteiger partial charge in [0.25, 0.3) is 0 Å². The van der Waals surface area contributed by atoms with Crippen LogP contribution in [0.2, 0.25) is 0 Å². The zero-order chi connectivity index (χ0) is 23.6. The van der Waals surface area contributed by atoms with Gasteiger partial charge in [-0.15, -0.1) is 0 Å². The van der Waals surface area contributed by atoms with E-state index in [0.29, 0.717) is 0 Å². The Morgan fingerprint density at radius 3 is 2.26 bits per heavy atom. The lowest BCUT2D eigenvalue weighted by atomic mass is 9.99. The maximum atomic E-state index is 6.51. The van der Waals surface area contributed by atoms with Gasteiger partial charge in [0.2, 0.25) is 0 Å². The summed E-state index contributed by atoms with van der Waals surface area (Å²) < 4.78 is 6.39. The molecule has 0 amide bonds. The minimum absolute atomic E-state index is 0.0508. The van der Waals surface area contributed by atoms with Gasteiger partial charge in [-0.05, 0) is 47.4 Å². The number of hydrogen-bond acceptors (Lipinski definition) is 3. The molecule has 5 aromatic carbocycles. The molecule has 0 aliphatic rings. The molecule has 3 nitrogen and oxygen atoms in total. The highest BCUT2D eigenvalue weighted by molar-refractivity contribution is 6.12. The van der Waals surface area contributed by atoms with Gasteiger partial charge >= 0.3 is 0 Å². The Bertz CT molecular complexity index is 1600. The van der Waals surface area contributed by atoms with Crippen molar-refractivity contribution >= 4 is 33.3 Å². The van der Waals surface area contributed by atoms with Crippen LogP contribution in [0.15, 0.2) is 126 Å². The molecule has 0 aliphatic heterocycles. The molecule has 6 rings (SSSR count). The van der Waals surface area contributed by atoms with E-state index in [1.165, 1.54) is 5.56 Å². The molecule has 35 heavy (non-hydrogen) atoms.